The normalized spacial score (nSPS) is 13.0. The number of rotatable bonds is 7. The van der Waals surface area contributed by atoms with E-state index < -0.39 is 9.84 Å². The largest absolute Gasteiger partial charge is 0.497 e. The lowest BCUT2D eigenvalue weighted by Gasteiger charge is -2.18. The molecule has 1 aliphatic heterocycles. The Bertz CT molecular complexity index is 1190. The molecule has 0 radical (unpaired) electrons. The van der Waals surface area contributed by atoms with Gasteiger partial charge in [0, 0.05) is 18.2 Å². The maximum Gasteiger partial charge on any atom is 0.234 e. The third-order valence-corrected chi connectivity index (χ3v) is 6.06. The molecule has 9 heteroatoms. The third kappa shape index (κ3) is 3.71. The van der Waals surface area contributed by atoms with Crippen molar-refractivity contribution < 1.29 is 27.0 Å². The maximum atomic E-state index is 13.4. The van der Waals surface area contributed by atoms with Crippen LogP contribution < -0.4 is 19.5 Å². The van der Waals surface area contributed by atoms with Gasteiger partial charge in [0.15, 0.2) is 11.5 Å². The quantitative estimate of drug-likeness (QED) is 0.571. The summed E-state index contributed by atoms with van der Waals surface area (Å²) in [5.41, 5.74) is 0.583. The van der Waals surface area contributed by atoms with Crippen molar-refractivity contribution in [2.45, 2.75) is 9.92 Å². The van der Waals surface area contributed by atoms with Crippen molar-refractivity contribution in [1.29, 1.82) is 0 Å². The standard InChI is InChI=1S/C21H20N2O6S/c1-3-9-22-20-21(23-19(29-20)14-5-4-6-15(12-14)26-2)30(24,25)16-7-8-17-18(13-16)28-11-10-27-17/h3-8,12-13,22H,1,9-11H2,2H3. The van der Waals surface area contributed by atoms with Gasteiger partial charge in [0.05, 0.1) is 12.0 Å². The van der Waals surface area contributed by atoms with Gasteiger partial charge in [-0.2, -0.15) is 4.98 Å². The number of aromatic nitrogens is 1. The molecule has 0 bridgehead atoms. The van der Waals surface area contributed by atoms with Crippen LogP contribution in [0.2, 0.25) is 0 Å². The number of ether oxygens (including phenoxy) is 3. The second kappa shape index (κ2) is 8.11. The second-order valence-corrected chi connectivity index (χ2v) is 8.23. The average Bonchev–Trinajstić information content (AvgIpc) is 3.22. The van der Waals surface area contributed by atoms with E-state index in [1.54, 1.807) is 43.5 Å². The van der Waals surface area contributed by atoms with E-state index in [9.17, 15) is 8.42 Å². The number of hydrogen-bond donors (Lipinski definition) is 1. The number of hydrogen-bond acceptors (Lipinski definition) is 8. The summed E-state index contributed by atoms with van der Waals surface area (Å²) in [5.74, 6) is 1.66. The van der Waals surface area contributed by atoms with Gasteiger partial charge in [-0.1, -0.05) is 12.1 Å². The van der Waals surface area contributed by atoms with Gasteiger partial charge in [-0.15, -0.1) is 6.58 Å². The Morgan fingerprint density at radius 3 is 2.73 bits per heavy atom. The molecule has 3 aromatic rings. The first-order valence-electron chi connectivity index (χ1n) is 9.17. The van der Waals surface area contributed by atoms with E-state index >= 15 is 0 Å². The summed E-state index contributed by atoms with van der Waals surface area (Å²) >= 11 is 0. The first-order valence-corrected chi connectivity index (χ1v) is 10.7. The lowest BCUT2D eigenvalue weighted by atomic mass is 10.2. The van der Waals surface area contributed by atoms with E-state index in [-0.39, 0.29) is 21.7 Å². The van der Waals surface area contributed by atoms with Crippen molar-refractivity contribution >= 4 is 15.7 Å². The smallest absolute Gasteiger partial charge is 0.234 e. The molecule has 0 amide bonds. The Labute approximate surface area is 174 Å². The van der Waals surface area contributed by atoms with Crippen LogP contribution in [0.25, 0.3) is 11.5 Å². The summed E-state index contributed by atoms with van der Waals surface area (Å²) in [4.78, 5) is 4.32. The summed E-state index contributed by atoms with van der Waals surface area (Å²) in [7, 11) is -2.46. The maximum absolute atomic E-state index is 13.4. The molecular weight excluding hydrogens is 408 g/mol. The van der Waals surface area contributed by atoms with Crippen molar-refractivity contribution in [3.8, 4) is 28.7 Å². The second-order valence-electron chi connectivity index (χ2n) is 6.36. The van der Waals surface area contributed by atoms with Crippen LogP contribution in [-0.4, -0.2) is 40.3 Å². The minimum absolute atomic E-state index is 0.0268. The van der Waals surface area contributed by atoms with Crippen LogP contribution in [0.4, 0.5) is 5.88 Å². The number of nitrogens with zero attached hydrogens (tertiary/aromatic N) is 1. The molecule has 0 unspecified atom stereocenters. The van der Waals surface area contributed by atoms with Crippen molar-refractivity contribution in [2.24, 2.45) is 0 Å². The molecule has 4 rings (SSSR count). The number of sulfone groups is 1. The predicted octanol–water partition coefficient (Wildman–Crippen LogP) is 3.55. The minimum Gasteiger partial charge on any atom is -0.497 e. The highest BCUT2D eigenvalue weighted by atomic mass is 32.2. The Morgan fingerprint density at radius 2 is 1.97 bits per heavy atom. The summed E-state index contributed by atoms with van der Waals surface area (Å²) in [5, 5.41) is 2.68. The molecule has 30 heavy (non-hydrogen) atoms. The number of oxazole rings is 1. The Morgan fingerprint density at radius 1 is 1.17 bits per heavy atom. The van der Waals surface area contributed by atoms with E-state index in [1.807, 2.05) is 0 Å². The number of methoxy groups -OCH3 is 1. The van der Waals surface area contributed by atoms with Gasteiger partial charge in [-0.25, -0.2) is 8.42 Å². The first kappa shape index (κ1) is 19.8. The van der Waals surface area contributed by atoms with Crippen molar-refractivity contribution in [1.82, 2.24) is 4.98 Å². The van der Waals surface area contributed by atoms with Crippen LogP contribution in [-0.2, 0) is 9.84 Å². The zero-order valence-corrected chi connectivity index (χ0v) is 17.1. The fourth-order valence-electron chi connectivity index (χ4n) is 2.95. The topological polar surface area (TPSA) is 99.9 Å². The predicted molar refractivity (Wildman–Crippen MR) is 110 cm³/mol. The highest BCUT2D eigenvalue weighted by molar-refractivity contribution is 7.91. The van der Waals surface area contributed by atoms with Gasteiger partial charge in [0.25, 0.3) is 0 Å². The zero-order chi connectivity index (χ0) is 21.1. The first-order chi connectivity index (χ1) is 14.5. The molecule has 8 nitrogen and oxygen atoms in total. The average molecular weight is 428 g/mol. The molecule has 1 N–H and O–H groups in total. The molecule has 0 fully saturated rings. The third-order valence-electron chi connectivity index (χ3n) is 4.40. The van der Waals surface area contributed by atoms with Gasteiger partial charge in [0.1, 0.15) is 19.0 Å². The van der Waals surface area contributed by atoms with Crippen molar-refractivity contribution in [3.63, 3.8) is 0 Å². The van der Waals surface area contributed by atoms with Crippen LogP contribution in [0.1, 0.15) is 0 Å². The summed E-state index contributed by atoms with van der Waals surface area (Å²) in [6.45, 7) is 4.71. The van der Waals surface area contributed by atoms with E-state index in [2.05, 4.69) is 16.9 Å². The molecule has 0 spiro atoms. The fourth-order valence-corrected chi connectivity index (χ4v) is 4.24. The molecule has 1 aliphatic rings. The number of benzene rings is 2. The van der Waals surface area contributed by atoms with Crippen LogP contribution in [0.15, 0.2) is 69.5 Å². The molecule has 0 saturated heterocycles. The van der Waals surface area contributed by atoms with E-state index in [0.717, 1.165) is 0 Å². The zero-order valence-electron chi connectivity index (χ0n) is 16.3. The van der Waals surface area contributed by atoms with Gasteiger partial charge in [-0.3, -0.25) is 0 Å². The SMILES string of the molecule is C=CCNc1oc(-c2cccc(OC)c2)nc1S(=O)(=O)c1ccc2c(c1)OCCO2. The van der Waals surface area contributed by atoms with E-state index in [0.29, 0.717) is 42.6 Å². The molecule has 156 valence electrons. The lowest BCUT2D eigenvalue weighted by Crippen LogP contribution is -2.16. The van der Waals surface area contributed by atoms with Crippen molar-refractivity contribution in [3.05, 3.63) is 55.1 Å². The van der Waals surface area contributed by atoms with Gasteiger partial charge in [-0.05, 0) is 30.3 Å². The molecule has 2 heterocycles. The van der Waals surface area contributed by atoms with E-state index in [1.165, 1.54) is 12.1 Å². The molecule has 1 aromatic heterocycles. The summed E-state index contributed by atoms with van der Waals surface area (Å²) in [6, 6.07) is 11.5. The Balaban J connectivity index is 1.79. The summed E-state index contributed by atoms with van der Waals surface area (Å²) in [6.07, 6.45) is 1.59. The Hall–Kier alpha value is -3.46. The number of anilines is 1. The summed E-state index contributed by atoms with van der Waals surface area (Å²) < 4.78 is 48.7. The Kier molecular flexibility index (Phi) is 5.37. The van der Waals surface area contributed by atoms with Gasteiger partial charge in [0.2, 0.25) is 26.6 Å². The molecule has 0 aliphatic carbocycles. The lowest BCUT2D eigenvalue weighted by molar-refractivity contribution is 0.171. The number of fused-ring (bicyclic) bond motifs is 1. The van der Waals surface area contributed by atoms with Gasteiger partial charge < -0.3 is 23.9 Å². The van der Waals surface area contributed by atoms with Crippen LogP contribution in [0.5, 0.6) is 17.2 Å². The highest BCUT2D eigenvalue weighted by Gasteiger charge is 2.30. The fraction of sp³-hybridized carbons (Fsp3) is 0.190. The monoisotopic (exact) mass is 428 g/mol. The van der Waals surface area contributed by atoms with Crippen LogP contribution in [0, 0.1) is 0 Å². The van der Waals surface area contributed by atoms with Crippen LogP contribution >= 0.6 is 0 Å². The molecular formula is C21H20N2O6S. The van der Waals surface area contributed by atoms with Crippen molar-refractivity contribution in [2.75, 3.05) is 32.2 Å². The van der Waals surface area contributed by atoms with Gasteiger partial charge >= 0.3 is 0 Å². The number of nitrogens with one attached hydrogen (secondary N) is 1. The highest BCUT2D eigenvalue weighted by Crippen LogP contribution is 2.37. The van der Waals surface area contributed by atoms with E-state index in [4.69, 9.17) is 18.6 Å². The molecule has 0 saturated carbocycles. The minimum atomic E-state index is -4.00. The molecule has 0 atom stereocenters. The van der Waals surface area contributed by atoms with Crippen LogP contribution in [0.3, 0.4) is 0 Å². The molecule has 2 aromatic carbocycles.